The molecular formula is C15H28N2O. The van der Waals surface area contributed by atoms with E-state index in [4.69, 9.17) is 4.42 Å². The van der Waals surface area contributed by atoms with Crippen LogP contribution in [0.2, 0.25) is 0 Å². The predicted octanol–water partition coefficient (Wildman–Crippen LogP) is 3.40. The van der Waals surface area contributed by atoms with Crippen molar-refractivity contribution < 1.29 is 4.42 Å². The van der Waals surface area contributed by atoms with Gasteiger partial charge in [0.25, 0.3) is 0 Å². The molecule has 0 aliphatic rings. The average Bonchev–Trinajstić information content (AvgIpc) is 2.76. The Kier molecular flexibility index (Phi) is 7.06. The molecule has 0 saturated heterocycles. The molecule has 18 heavy (non-hydrogen) atoms. The molecule has 0 saturated carbocycles. The second-order valence-corrected chi connectivity index (χ2v) is 5.17. The molecular weight excluding hydrogens is 224 g/mol. The molecule has 1 aromatic heterocycles. The smallest absolute Gasteiger partial charge is 0.118 e. The molecule has 0 bridgehead atoms. The fraction of sp³-hybridized carbons (Fsp3) is 0.733. The van der Waals surface area contributed by atoms with Crippen LogP contribution in [0.1, 0.15) is 51.6 Å². The molecule has 0 aliphatic carbocycles. The topological polar surface area (TPSA) is 28.4 Å². The molecule has 0 fully saturated rings. The molecule has 3 heteroatoms. The van der Waals surface area contributed by atoms with Crippen LogP contribution in [0.5, 0.6) is 0 Å². The molecule has 0 spiro atoms. The minimum absolute atomic E-state index is 0.569. The summed E-state index contributed by atoms with van der Waals surface area (Å²) in [7, 11) is 1.94. The molecule has 0 radical (unpaired) electrons. The monoisotopic (exact) mass is 252 g/mol. The van der Waals surface area contributed by atoms with Gasteiger partial charge in [-0.3, -0.25) is 4.90 Å². The largest absolute Gasteiger partial charge is 0.463 e. The Morgan fingerprint density at radius 2 is 1.94 bits per heavy atom. The first kappa shape index (κ1) is 15.3. The fourth-order valence-electron chi connectivity index (χ4n) is 2.06. The number of nitrogens with one attached hydrogen (secondary N) is 1. The van der Waals surface area contributed by atoms with Crippen LogP contribution in [0.15, 0.2) is 16.5 Å². The van der Waals surface area contributed by atoms with Crippen molar-refractivity contribution in [3.05, 3.63) is 23.7 Å². The Morgan fingerprint density at radius 1 is 1.22 bits per heavy atom. The van der Waals surface area contributed by atoms with Gasteiger partial charge in [0, 0.05) is 6.04 Å². The highest BCUT2D eigenvalue weighted by atomic mass is 16.3. The molecule has 1 aromatic rings. The molecule has 0 unspecified atom stereocenters. The van der Waals surface area contributed by atoms with E-state index in [0.717, 1.165) is 31.2 Å². The van der Waals surface area contributed by atoms with E-state index in [1.165, 1.54) is 19.3 Å². The van der Waals surface area contributed by atoms with Gasteiger partial charge in [-0.25, -0.2) is 0 Å². The van der Waals surface area contributed by atoms with E-state index in [-0.39, 0.29) is 0 Å². The van der Waals surface area contributed by atoms with E-state index in [2.05, 4.69) is 43.1 Å². The first-order valence-corrected chi connectivity index (χ1v) is 7.13. The summed E-state index contributed by atoms with van der Waals surface area (Å²) in [5.74, 6) is 2.09. The summed E-state index contributed by atoms with van der Waals surface area (Å²) in [6.07, 6.45) is 3.87. The first-order chi connectivity index (χ1) is 8.67. The van der Waals surface area contributed by atoms with Gasteiger partial charge >= 0.3 is 0 Å². The standard InChI is InChI=1S/C15H28N2O/c1-5-6-7-10-17(13(2)3)12-15-9-8-14(18-15)11-16-4/h8-9,13,16H,5-7,10-12H2,1-4H3. The van der Waals surface area contributed by atoms with Gasteiger partial charge in [0.05, 0.1) is 13.1 Å². The van der Waals surface area contributed by atoms with E-state index in [9.17, 15) is 0 Å². The van der Waals surface area contributed by atoms with Crippen LogP contribution in [0.3, 0.4) is 0 Å². The van der Waals surface area contributed by atoms with Crippen LogP contribution in [0.4, 0.5) is 0 Å². The van der Waals surface area contributed by atoms with E-state index in [1.54, 1.807) is 0 Å². The third-order valence-corrected chi connectivity index (χ3v) is 3.21. The van der Waals surface area contributed by atoms with Crippen LogP contribution in [0.25, 0.3) is 0 Å². The number of rotatable bonds is 9. The minimum Gasteiger partial charge on any atom is -0.463 e. The average molecular weight is 252 g/mol. The second kappa shape index (κ2) is 8.33. The maximum atomic E-state index is 5.81. The Labute approximate surface area is 112 Å². The first-order valence-electron chi connectivity index (χ1n) is 7.13. The summed E-state index contributed by atoms with van der Waals surface area (Å²) in [5.41, 5.74) is 0. The predicted molar refractivity (Wildman–Crippen MR) is 76.5 cm³/mol. The summed E-state index contributed by atoms with van der Waals surface area (Å²) in [6, 6.07) is 4.73. The Bertz CT molecular complexity index is 320. The lowest BCUT2D eigenvalue weighted by Gasteiger charge is -2.25. The summed E-state index contributed by atoms with van der Waals surface area (Å²) in [4.78, 5) is 2.48. The third kappa shape index (κ3) is 5.23. The maximum Gasteiger partial charge on any atom is 0.118 e. The zero-order valence-electron chi connectivity index (χ0n) is 12.3. The lowest BCUT2D eigenvalue weighted by Crippen LogP contribution is -2.31. The molecule has 0 atom stereocenters. The number of hydrogen-bond donors (Lipinski definition) is 1. The van der Waals surface area contributed by atoms with Crippen molar-refractivity contribution >= 4 is 0 Å². The van der Waals surface area contributed by atoms with Crippen molar-refractivity contribution in [2.24, 2.45) is 0 Å². The summed E-state index contributed by atoms with van der Waals surface area (Å²) < 4.78 is 5.81. The zero-order chi connectivity index (χ0) is 13.4. The molecule has 104 valence electrons. The summed E-state index contributed by atoms with van der Waals surface area (Å²) in [6.45, 7) is 9.64. The summed E-state index contributed by atoms with van der Waals surface area (Å²) in [5, 5.41) is 3.11. The van der Waals surface area contributed by atoms with Crippen molar-refractivity contribution in [1.29, 1.82) is 0 Å². The Hall–Kier alpha value is -0.800. The van der Waals surface area contributed by atoms with E-state index < -0.39 is 0 Å². The highest BCUT2D eigenvalue weighted by Gasteiger charge is 2.12. The maximum absolute atomic E-state index is 5.81. The lowest BCUT2D eigenvalue weighted by molar-refractivity contribution is 0.191. The SMILES string of the molecule is CCCCCN(Cc1ccc(CNC)o1)C(C)C. The highest BCUT2D eigenvalue weighted by molar-refractivity contribution is 5.07. The minimum atomic E-state index is 0.569. The van der Waals surface area contributed by atoms with Gasteiger partial charge in [0.15, 0.2) is 0 Å². The molecule has 1 heterocycles. The zero-order valence-corrected chi connectivity index (χ0v) is 12.3. The van der Waals surface area contributed by atoms with Gasteiger partial charge in [-0.05, 0) is 46.0 Å². The number of hydrogen-bond acceptors (Lipinski definition) is 3. The van der Waals surface area contributed by atoms with Gasteiger partial charge in [0.1, 0.15) is 11.5 Å². The molecule has 3 nitrogen and oxygen atoms in total. The van der Waals surface area contributed by atoms with Gasteiger partial charge in [-0.2, -0.15) is 0 Å². The van der Waals surface area contributed by atoms with Crippen LogP contribution < -0.4 is 5.32 Å². The molecule has 0 aromatic carbocycles. The van der Waals surface area contributed by atoms with Crippen molar-refractivity contribution in [1.82, 2.24) is 10.2 Å². The third-order valence-electron chi connectivity index (χ3n) is 3.21. The van der Waals surface area contributed by atoms with Gasteiger partial charge in [-0.15, -0.1) is 0 Å². The fourth-order valence-corrected chi connectivity index (χ4v) is 2.06. The molecule has 1 N–H and O–H groups in total. The van der Waals surface area contributed by atoms with Crippen molar-refractivity contribution in [3.8, 4) is 0 Å². The number of nitrogens with zero attached hydrogens (tertiary/aromatic N) is 1. The second-order valence-electron chi connectivity index (χ2n) is 5.17. The van der Waals surface area contributed by atoms with Gasteiger partial charge in [-0.1, -0.05) is 19.8 Å². The van der Waals surface area contributed by atoms with E-state index in [1.807, 2.05) is 7.05 Å². The molecule has 0 aliphatic heterocycles. The highest BCUT2D eigenvalue weighted by Crippen LogP contribution is 2.13. The van der Waals surface area contributed by atoms with E-state index in [0.29, 0.717) is 6.04 Å². The van der Waals surface area contributed by atoms with Crippen LogP contribution in [-0.2, 0) is 13.1 Å². The lowest BCUT2D eigenvalue weighted by atomic mass is 10.2. The normalized spacial score (nSPS) is 11.7. The number of furan rings is 1. The van der Waals surface area contributed by atoms with Crippen LogP contribution in [-0.4, -0.2) is 24.5 Å². The molecule has 0 amide bonds. The van der Waals surface area contributed by atoms with Gasteiger partial charge in [0.2, 0.25) is 0 Å². The quantitative estimate of drug-likeness (QED) is 0.683. The van der Waals surface area contributed by atoms with Gasteiger partial charge < -0.3 is 9.73 Å². The van der Waals surface area contributed by atoms with Crippen molar-refractivity contribution in [2.75, 3.05) is 13.6 Å². The van der Waals surface area contributed by atoms with Crippen LogP contribution >= 0.6 is 0 Å². The Balaban J connectivity index is 2.48. The van der Waals surface area contributed by atoms with Crippen molar-refractivity contribution in [3.63, 3.8) is 0 Å². The van der Waals surface area contributed by atoms with Crippen molar-refractivity contribution in [2.45, 2.75) is 59.2 Å². The van der Waals surface area contributed by atoms with Crippen LogP contribution in [0, 0.1) is 0 Å². The Morgan fingerprint density at radius 3 is 2.56 bits per heavy atom. The summed E-state index contributed by atoms with van der Waals surface area (Å²) >= 11 is 0. The molecule has 1 rings (SSSR count). The number of unbranched alkanes of at least 4 members (excludes halogenated alkanes) is 2. The van der Waals surface area contributed by atoms with E-state index >= 15 is 0 Å².